The average Bonchev–Trinajstić information content (AvgIpc) is 2.75. The summed E-state index contributed by atoms with van der Waals surface area (Å²) in [5, 5.41) is 2.23. The zero-order chi connectivity index (χ0) is 18.1. The first-order chi connectivity index (χ1) is 13.4. The number of anilines is 3. The second kappa shape index (κ2) is 6.54. The van der Waals surface area contributed by atoms with Gasteiger partial charge in [0.2, 0.25) is 0 Å². The van der Waals surface area contributed by atoms with Gasteiger partial charge in [-0.15, -0.1) is 0 Å². The van der Waals surface area contributed by atoms with Crippen molar-refractivity contribution in [1.29, 1.82) is 0 Å². The quantitative estimate of drug-likeness (QED) is 0.386. The van der Waals surface area contributed by atoms with Crippen molar-refractivity contribution in [2.45, 2.75) is 0 Å². The van der Waals surface area contributed by atoms with Crippen LogP contribution < -0.4 is 4.90 Å². The molecule has 0 spiro atoms. The summed E-state index contributed by atoms with van der Waals surface area (Å²) < 4.78 is 0. The fourth-order valence-corrected chi connectivity index (χ4v) is 3.55. The molecule has 2 heterocycles. The van der Waals surface area contributed by atoms with Gasteiger partial charge in [0.15, 0.2) is 0 Å². The van der Waals surface area contributed by atoms with Crippen LogP contribution in [0.1, 0.15) is 0 Å². The van der Waals surface area contributed by atoms with E-state index in [2.05, 4.69) is 75.5 Å². The third kappa shape index (κ3) is 2.70. The molecule has 0 N–H and O–H groups in total. The molecular weight excluding hydrogens is 330 g/mol. The molecule has 0 aliphatic heterocycles. The Morgan fingerprint density at radius 1 is 0.481 bits per heavy atom. The van der Waals surface area contributed by atoms with Crippen molar-refractivity contribution in [3.05, 3.63) is 103 Å². The van der Waals surface area contributed by atoms with Gasteiger partial charge in [0.1, 0.15) is 0 Å². The van der Waals surface area contributed by atoms with E-state index in [1.54, 1.807) is 0 Å². The normalized spacial score (nSPS) is 11.0. The van der Waals surface area contributed by atoms with E-state index >= 15 is 0 Å². The number of para-hydroxylation sites is 1. The van der Waals surface area contributed by atoms with Gasteiger partial charge in [-0.25, -0.2) is 0 Å². The molecule has 0 aliphatic carbocycles. The molecular formula is C24H17N3. The molecule has 0 unspecified atom stereocenters. The Labute approximate surface area is 157 Å². The van der Waals surface area contributed by atoms with Crippen LogP contribution in [0.5, 0.6) is 0 Å². The van der Waals surface area contributed by atoms with Crippen molar-refractivity contribution in [2.24, 2.45) is 0 Å². The minimum atomic E-state index is 0.981. The van der Waals surface area contributed by atoms with Crippen molar-refractivity contribution < 1.29 is 0 Å². The van der Waals surface area contributed by atoms with Gasteiger partial charge < -0.3 is 4.90 Å². The number of benzene rings is 3. The van der Waals surface area contributed by atoms with Crippen LogP contribution in [0.25, 0.3) is 21.8 Å². The SMILES string of the molecule is c1ccc(N(c2cccc3ncccc23)c2cccc3ncccc23)cc1. The Morgan fingerprint density at radius 3 is 1.59 bits per heavy atom. The molecule has 0 bridgehead atoms. The Kier molecular flexibility index (Phi) is 3.76. The second-order valence-corrected chi connectivity index (χ2v) is 6.37. The summed E-state index contributed by atoms with van der Waals surface area (Å²) in [7, 11) is 0. The fraction of sp³-hybridized carbons (Fsp3) is 0. The summed E-state index contributed by atoms with van der Waals surface area (Å²) in [6, 6.07) is 31.1. The van der Waals surface area contributed by atoms with E-state index in [0.29, 0.717) is 0 Å². The van der Waals surface area contributed by atoms with E-state index in [0.717, 1.165) is 38.9 Å². The lowest BCUT2D eigenvalue weighted by Crippen LogP contribution is -2.11. The van der Waals surface area contributed by atoms with Gasteiger partial charge in [0, 0.05) is 28.9 Å². The van der Waals surface area contributed by atoms with E-state index in [1.165, 1.54) is 0 Å². The maximum atomic E-state index is 4.53. The number of rotatable bonds is 3. The zero-order valence-corrected chi connectivity index (χ0v) is 14.7. The van der Waals surface area contributed by atoms with Crippen LogP contribution in [0.2, 0.25) is 0 Å². The molecule has 128 valence electrons. The van der Waals surface area contributed by atoms with Gasteiger partial charge in [-0.3, -0.25) is 9.97 Å². The molecule has 3 heteroatoms. The van der Waals surface area contributed by atoms with Crippen LogP contribution in [-0.4, -0.2) is 9.97 Å². The number of fused-ring (bicyclic) bond motifs is 2. The van der Waals surface area contributed by atoms with E-state index in [-0.39, 0.29) is 0 Å². The van der Waals surface area contributed by atoms with Crippen molar-refractivity contribution in [3.63, 3.8) is 0 Å². The Bertz CT molecular complexity index is 1140. The van der Waals surface area contributed by atoms with Crippen LogP contribution in [0.15, 0.2) is 103 Å². The monoisotopic (exact) mass is 347 g/mol. The molecule has 0 atom stereocenters. The lowest BCUT2D eigenvalue weighted by molar-refractivity contribution is 1.30. The highest BCUT2D eigenvalue weighted by molar-refractivity contribution is 6.02. The maximum Gasteiger partial charge on any atom is 0.0723 e. The number of aromatic nitrogens is 2. The molecule has 3 aromatic carbocycles. The first-order valence-electron chi connectivity index (χ1n) is 8.94. The van der Waals surface area contributed by atoms with Gasteiger partial charge >= 0.3 is 0 Å². The van der Waals surface area contributed by atoms with Crippen molar-refractivity contribution in [2.75, 3.05) is 4.90 Å². The average molecular weight is 347 g/mol. The summed E-state index contributed by atoms with van der Waals surface area (Å²) in [6.45, 7) is 0. The summed E-state index contributed by atoms with van der Waals surface area (Å²) in [5.41, 5.74) is 5.26. The molecule has 0 saturated heterocycles. The van der Waals surface area contributed by atoms with Gasteiger partial charge in [-0.05, 0) is 60.7 Å². The predicted molar refractivity (Wildman–Crippen MR) is 112 cm³/mol. The van der Waals surface area contributed by atoms with E-state index < -0.39 is 0 Å². The summed E-state index contributed by atoms with van der Waals surface area (Å²) in [6.07, 6.45) is 3.67. The molecule has 0 amide bonds. The Hall–Kier alpha value is -3.72. The molecule has 0 aliphatic rings. The molecule has 5 aromatic rings. The zero-order valence-electron chi connectivity index (χ0n) is 14.7. The highest BCUT2D eigenvalue weighted by atomic mass is 15.1. The van der Waals surface area contributed by atoms with Crippen LogP contribution >= 0.6 is 0 Å². The number of hydrogen-bond donors (Lipinski definition) is 0. The van der Waals surface area contributed by atoms with Gasteiger partial charge in [0.25, 0.3) is 0 Å². The second-order valence-electron chi connectivity index (χ2n) is 6.37. The minimum Gasteiger partial charge on any atom is -0.309 e. The van der Waals surface area contributed by atoms with Crippen molar-refractivity contribution in [3.8, 4) is 0 Å². The highest BCUT2D eigenvalue weighted by Crippen LogP contribution is 2.40. The van der Waals surface area contributed by atoms with E-state index in [9.17, 15) is 0 Å². The van der Waals surface area contributed by atoms with Crippen LogP contribution in [0, 0.1) is 0 Å². The first kappa shape index (κ1) is 15.5. The first-order valence-corrected chi connectivity index (χ1v) is 8.94. The predicted octanol–water partition coefficient (Wildman–Crippen LogP) is 6.25. The van der Waals surface area contributed by atoms with Gasteiger partial charge in [-0.2, -0.15) is 0 Å². The molecule has 0 radical (unpaired) electrons. The largest absolute Gasteiger partial charge is 0.309 e. The number of nitrogens with zero attached hydrogens (tertiary/aromatic N) is 3. The lowest BCUT2D eigenvalue weighted by atomic mass is 10.1. The topological polar surface area (TPSA) is 29.0 Å². The fourth-order valence-electron chi connectivity index (χ4n) is 3.55. The van der Waals surface area contributed by atoms with E-state index in [4.69, 9.17) is 0 Å². The summed E-state index contributed by atoms with van der Waals surface area (Å²) >= 11 is 0. The maximum absolute atomic E-state index is 4.53. The molecule has 0 fully saturated rings. The van der Waals surface area contributed by atoms with Gasteiger partial charge in [-0.1, -0.05) is 30.3 Å². The lowest BCUT2D eigenvalue weighted by Gasteiger charge is -2.27. The van der Waals surface area contributed by atoms with Crippen LogP contribution in [-0.2, 0) is 0 Å². The highest BCUT2D eigenvalue weighted by Gasteiger charge is 2.17. The molecule has 3 nitrogen and oxygen atoms in total. The smallest absolute Gasteiger partial charge is 0.0723 e. The molecule has 0 saturated carbocycles. The third-order valence-corrected chi connectivity index (χ3v) is 4.74. The van der Waals surface area contributed by atoms with Crippen molar-refractivity contribution >= 4 is 38.9 Å². The third-order valence-electron chi connectivity index (χ3n) is 4.74. The minimum absolute atomic E-state index is 0.981. The van der Waals surface area contributed by atoms with E-state index in [1.807, 2.05) is 42.7 Å². The van der Waals surface area contributed by atoms with Gasteiger partial charge in [0.05, 0.1) is 22.4 Å². The van der Waals surface area contributed by atoms with Crippen LogP contribution in [0.3, 0.4) is 0 Å². The van der Waals surface area contributed by atoms with Crippen LogP contribution in [0.4, 0.5) is 17.1 Å². The molecule has 5 rings (SSSR count). The summed E-state index contributed by atoms with van der Waals surface area (Å²) in [5.74, 6) is 0. The summed E-state index contributed by atoms with van der Waals surface area (Å²) in [4.78, 5) is 11.4. The number of pyridine rings is 2. The number of hydrogen-bond acceptors (Lipinski definition) is 3. The Balaban J connectivity index is 1.85. The Morgan fingerprint density at radius 2 is 1.04 bits per heavy atom. The standard InChI is InChI=1S/C24H17N3/c1-2-8-18(9-3-1)27(23-14-4-12-21-19(23)10-6-16-25-21)24-15-5-13-22-20(24)11-7-17-26-22/h1-17H. The molecule has 2 aromatic heterocycles. The van der Waals surface area contributed by atoms with Crippen molar-refractivity contribution in [1.82, 2.24) is 9.97 Å². The molecule has 27 heavy (non-hydrogen) atoms.